The third-order valence-corrected chi connectivity index (χ3v) is 7.47. The molecule has 4 aromatic rings. The van der Waals surface area contributed by atoms with Crippen molar-refractivity contribution >= 4 is 32.8 Å². The number of fused-ring (bicyclic) bond motifs is 1. The molecule has 9 nitrogen and oxygen atoms in total. The fourth-order valence-electron chi connectivity index (χ4n) is 3.22. The molecule has 164 valence electrons. The van der Waals surface area contributed by atoms with Gasteiger partial charge < -0.3 is 13.4 Å². The molecule has 0 atom stereocenters. The third kappa shape index (κ3) is 4.12. The van der Waals surface area contributed by atoms with Crippen LogP contribution in [-0.4, -0.2) is 46.6 Å². The van der Waals surface area contributed by atoms with Crippen LogP contribution >= 0.6 is 11.8 Å². The number of aromatic nitrogens is 4. The lowest BCUT2D eigenvalue weighted by Gasteiger charge is -2.11. The van der Waals surface area contributed by atoms with E-state index in [9.17, 15) is 8.42 Å². The van der Waals surface area contributed by atoms with Crippen LogP contribution in [0.4, 0.5) is 0 Å². The van der Waals surface area contributed by atoms with Crippen LogP contribution in [-0.2, 0) is 22.3 Å². The normalized spacial score (nSPS) is 12.3. The Hall–Kier alpha value is -2.63. The molecule has 0 N–H and O–H groups in total. The Morgan fingerprint density at radius 2 is 2.00 bits per heavy atom. The Morgan fingerprint density at radius 1 is 1.19 bits per heavy atom. The van der Waals surface area contributed by atoms with E-state index in [-0.39, 0.29) is 4.90 Å². The Kier molecular flexibility index (Phi) is 5.91. The lowest BCUT2D eigenvalue weighted by atomic mass is 10.3. The lowest BCUT2D eigenvalue weighted by molar-refractivity contribution is 0.463. The Bertz CT molecular complexity index is 1320. The number of nitrogens with zero attached hydrogens (tertiary/aromatic N) is 5. The molecule has 0 unspecified atom stereocenters. The Morgan fingerprint density at radius 3 is 2.68 bits per heavy atom. The van der Waals surface area contributed by atoms with Gasteiger partial charge in [-0.2, -0.15) is 0 Å². The zero-order valence-corrected chi connectivity index (χ0v) is 19.3. The van der Waals surface area contributed by atoms with Gasteiger partial charge in [-0.3, -0.25) is 0 Å². The number of furan rings is 1. The van der Waals surface area contributed by atoms with Gasteiger partial charge in [0, 0.05) is 20.6 Å². The maximum Gasteiger partial charge on any atom is 0.277 e. The number of benzene rings is 1. The van der Waals surface area contributed by atoms with E-state index in [0.29, 0.717) is 28.1 Å². The topological polar surface area (TPSA) is 107 Å². The maximum absolute atomic E-state index is 12.5. The average molecular weight is 462 g/mol. The van der Waals surface area contributed by atoms with Gasteiger partial charge in [0.25, 0.3) is 11.1 Å². The molecule has 4 rings (SSSR count). The second-order valence-electron chi connectivity index (χ2n) is 7.17. The molecule has 0 amide bonds. The van der Waals surface area contributed by atoms with E-state index in [2.05, 4.69) is 21.7 Å². The summed E-state index contributed by atoms with van der Waals surface area (Å²) in [5, 5.41) is 8.63. The first-order chi connectivity index (χ1) is 14.8. The molecule has 1 aromatic carbocycles. The first-order valence-electron chi connectivity index (χ1n) is 9.73. The zero-order valence-electron chi connectivity index (χ0n) is 17.7. The Balaban J connectivity index is 1.62. The summed E-state index contributed by atoms with van der Waals surface area (Å²) in [5.74, 6) is 2.46. The minimum absolute atomic E-state index is 0.224. The summed E-state index contributed by atoms with van der Waals surface area (Å²) >= 11 is 1.39. The highest BCUT2D eigenvalue weighted by molar-refractivity contribution is 7.98. The van der Waals surface area contributed by atoms with Gasteiger partial charge in [-0.05, 0) is 37.6 Å². The summed E-state index contributed by atoms with van der Waals surface area (Å²) in [6, 6.07) is 6.85. The molecule has 0 saturated carbocycles. The lowest BCUT2D eigenvalue weighted by Crippen LogP contribution is -2.22. The molecule has 0 bridgehead atoms. The van der Waals surface area contributed by atoms with E-state index in [1.165, 1.54) is 30.2 Å². The molecular formula is C20H23N5O4S2. The summed E-state index contributed by atoms with van der Waals surface area (Å²) < 4.78 is 39.3. The van der Waals surface area contributed by atoms with Crippen molar-refractivity contribution in [3.8, 4) is 11.5 Å². The predicted molar refractivity (Wildman–Crippen MR) is 117 cm³/mol. The fraction of sp³-hybridized carbons (Fsp3) is 0.350. The molecule has 11 heteroatoms. The average Bonchev–Trinajstić information content (AvgIpc) is 3.45. The number of imidazole rings is 1. The highest BCUT2D eigenvalue weighted by Crippen LogP contribution is 2.29. The van der Waals surface area contributed by atoms with Gasteiger partial charge in [0.05, 0.1) is 33.5 Å². The first kappa shape index (κ1) is 21.6. The SMILES string of the molecule is CCCn1c(CSc2nnc(-c3ccoc3C)o2)nc2cc(S(=O)(=O)N(C)C)ccc21. The van der Waals surface area contributed by atoms with Crippen LogP contribution in [0.15, 0.2) is 49.5 Å². The van der Waals surface area contributed by atoms with Crippen LogP contribution in [0.2, 0.25) is 0 Å². The van der Waals surface area contributed by atoms with Crippen molar-refractivity contribution in [3.05, 3.63) is 42.1 Å². The molecule has 0 aliphatic rings. The number of sulfonamides is 1. The van der Waals surface area contributed by atoms with Crippen LogP contribution in [0.1, 0.15) is 24.9 Å². The molecule has 0 saturated heterocycles. The number of rotatable bonds is 8. The van der Waals surface area contributed by atoms with Gasteiger partial charge >= 0.3 is 0 Å². The van der Waals surface area contributed by atoms with Gasteiger partial charge in [-0.25, -0.2) is 17.7 Å². The van der Waals surface area contributed by atoms with Gasteiger partial charge in [-0.15, -0.1) is 10.2 Å². The molecule has 3 aromatic heterocycles. The van der Waals surface area contributed by atoms with Gasteiger partial charge in [0.1, 0.15) is 11.6 Å². The minimum Gasteiger partial charge on any atom is -0.469 e. The van der Waals surface area contributed by atoms with Crippen LogP contribution in [0, 0.1) is 6.92 Å². The van der Waals surface area contributed by atoms with E-state index in [1.54, 1.807) is 24.5 Å². The summed E-state index contributed by atoms with van der Waals surface area (Å²) in [4.78, 5) is 4.93. The molecule has 3 heterocycles. The van der Waals surface area contributed by atoms with Crippen molar-refractivity contribution in [2.24, 2.45) is 0 Å². The van der Waals surface area contributed by atoms with Crippen molar-refractivity contribution in [3.63, 3.8) is 0 Å². The van der Waals surface area contributed by atoms with Crippen molar-refractivity contribution in [2.75, 3.05) is 14.1 Å². The number of thioether (sulfide) groups is 1. The highest BCUT2D eigenvalue weighted by atomic mass is 32.2. The zero-order chi connectivity index (χ0) is 22.2. The maximum atomic E-state index is 12.5. The standard InChI is InChI=1S/C20H23N5O4S2/c1-5-9-25-17-7-6-14(31(26,27)24(3)4)11-16(17)21-18(25)12-30-20-23-22-19(29-20)15-8-10-28-13(15)2/h6-8,10-11H,5,9,12H2,1-4H3. The number of aryl methyl sites for hydroxylation is 2. The van der Waals surface area contributed by atoms with Crippen LogP contribution in [0.25, 0.3) is 22.5 Å². The van der Waals surface area contributed by atoms with Crippen LogP contribution in [0.3, 0.4) is 0 Å². The quantitative estimate of drug-likeness (QED) is 0.363. The highest BCUT2D eigenvalue weighted by Gasteiger charge is 2.20. The summed E-state index contributed by atoms with van der Waals surface area (Å²) in [5.41, 5.74) is 2.31. The largest absolute Gasteiger partial charge is 0.469 e. The molecule has 0 spiro atoms. The van der Waals surface area contributed by atoms with E-state index < -0.39 is 10.0 Å². The predicted octanol–water partition coefficient (Wildman–Crippen LogP) is 3.94. The summed E-state index contributed by atoms with van der Waals surface area (Å²) in [6.07, 6.45) is 2.50. The molecule has 31 heavy (non-hydrogen) atoms. The molecule has 0 aliphatic heterocycles. The molecule has 0 fully saturated rings. The van der Waals surface area contributed by atoms with E-state index in [4.69, 9.17) is 13.8 Å². The third-order valence-electron chi connectivity index (χ3n) is 4.84. The van der Waals surface area contributed by atoms with Gasteiger partial charge in [0.15, 0.2) is 0 Å². The second-order valence-corrected chi connectivity index (χ2v) is 10.2. The minimum atomic E-state index is -3.52. The summed E-state index contributed by atoms with van der Waals surface area (Å²) in [6.45, 7) is 4.70. The van der Waals surface area contributed by atoms with Crippen molar-refractivity contribution in [2.45, 2.75) is 42.7 Å². The fourth-order valence-corrected chi connectivity index (χ4v) is 4.86. The first-order valence-corrected chi connectivity index (χ1v) is 12.2. The monoisotopic (exact) mass is 461 g/mol. The molecule has 0 aliphatic carbocycles. The molecule has 0 radical (unpaired) electrons. The van der Waals surface area contributed by atoms with Crippen molar-refractivity contribution < 1.29 is 17.3 Å². The second kappa shape index (κ2) is 8.48. The van der Waals surface area contributed by atoms with Crippen LogP contribution in [0.5, 0.6) is 0 Å². The van der Waals surface area contributed by atoms with Crippen molar-refractivity contribution in [1.29, 1.82) is 0 Å². The van der Waals surface area contributed by atoms with E-state index >= 15 is 0 Å². The van der Waals surface area contributed by atoms with E-state index in [1.807, 2.05) is 13.0 Å². The summed E-state index contributed by atoms with van der Waals surface area (Å²) in [7, 11) is -0.494. The molecular weight excluding hydrogens is 438 g/mol. The smallest absolute Gasteiger partial charge is 0.277 e. The number of hydrogen-bond acceptors (Lipinski definition) is 8. The van der Waals surface area contributed by atoms with Crippen LogP contribution < -0.4 is 0 Å². The number of hydrogen-bond donors (Lipinski definition) is 0. The van der Waals surface area contributed by atoms with Crippen molar-refractivity contribution in [1.82, 2.24) is 24.1 Å². The van der Waals surface area contributed by atoms with Gasteiger partial charge in [0.2, 0.25) is 10.0 Å². The van der Waals surface area contributed by atoms with Gasteiger partial charge in [-0.1, -0.05) is 18.7 Å². The Labute approximate surface area is 184 Å². The van der Waals surface area contributed by atoms with E-state index in [0.717, 1.165) is 29.9 Å².